The Kier molecular flexibility index (Phi) is 9.71. The molecule has 1 aromatic heterocycles. The average molecular weight is 523 g/mol. The maximum Gasteiger partial charge on any atom is 0.289 e. The quantitative estimate of drug-likeness (QED) is 0.367. The van der Waals surface area contributed by atoms with Gasteiger partial charge in [-0.3, -0.25) is 24.2 Å². The summed E-state index contributed by atoms with van der Waals surface area (Å²) in [4.78, 5) is 58.8. The highest BCUT2D eigenvalue weighted by molar-refractivity contribution is 8.00. The Morgan fingerprint density at radius 1 is 0.946 bits per heavy atom. The van der Waals surface area contributed by atoms with E-state index in [0.29, 0.717) is 25.8 Å². The number of rotatable bonds is 10. The van der Waals surface area contributed by atoms with Crippen LogP contribution in [0.4, 0.5) is 0 Å². The predicted octanol–water partition coefficient (Wildman–Crippen LogP) is 2.91. The van der Waals surface area contributed by atoms with Crippen LogP contribution in [0.15, 0.2) is 59.8 Å². The van der Waals surface area contributed by atoms with Gasteiger partial charge in [0.25, 0.3) is 5.91 Å². The van der Waals surface area contributed by atoms with Crippen molar-refractivity contribution in [2.75, 3.05) is 12.3 Å². The Hall–Kier alpha value is -3.20. The number of thioether (sulfide) groups is 1. The van der Waals surface area contributed by atoms with E-state index in [1.54, 1.807) is 12.4 Å². The number of benzene rings is 1. The van der Waals surface area contributed by atoms with E-state index in [1.165, 1.54) is 16.7 Å². The molecule has 4 rings (SSSR count). The zero-order valence-corrected chi connectivity index (χ0v) is 21.8. The van der Waals surface area contributed by atoms with Crippen LogP contribution >= 0.6 is 11.8 Å². The summed E-state index contributed by atoms with van der Waals surface area (Å²) in [6, 6.07) is 11.5. The third kappa shape index (κ3) is 7.64. The second-order valence-corrected chi connectivity index (χ2v) is 10.7. The second-order valence-electron chi connectivity index (χ2n) is 9.64. The first-order valence-corrected chi connectivity index (χ1v) is 14.0. The van der Waals surface area contributed by atoms with E-state index in [2.05, 4.69) is 15.6 Å². The number of carbonyl (C=O) groups is 4. The number of hydrogen-bond donors (Lipinski definition) is 2. The monoisotopic (exact) mass is 522 g/mol. The molecule has 2 fully saturated rings. The number of nitrogens with zero attached hydrogens (tertiary/aromatic N) is 2. The molecule has 3 amide bonds. The molecule has 1 saturated carbocycles. The highest BCUT2D eigenvalue weighted by Gasteiger charge is 2.40. The zero-order chi connectivity index (χ0) is 26.0. The first-order valence-electron chi connectivity index (χ1n) is 13.0. The van der Waals surface area contributed by atoms with Crippen LogP contribution in [-0.4, -0.2) is 63.8 Å². The number of likely N-dealkylation sites (tertiary alicyclic amines) is 1. The maximum absolute atomic E-state index is 13.7. The minimum absolute atomic E-state index is 0.0266. The van der Waals surface area contributed by atoms with E-state index in [1.807, 2.05) is 42.5 Å². The lowest BCUT2D eigenvalue weighted by Gasteiger charge is -2.29. The van der Waals surface area contributed by atoms with Gasteiger partial charge in [0.2, 0.25) is 17.6 Å². The molecule has 9 heteroatoms. The third-order valence-corrected chi connectivity index (χ3v) is 7.95. The minimum Gasteiger partial charge on any atom is -0.347 e. The van der Waals surface area contributed by atoms with Crippen LogP contribution in [-0.2, 0) is 25.6 Å². The molecule has 37 heavy (non-hydrogen) atoms. The molecule has 196 valence electrons. The van der Waals surface area contributed by atoms with Gasteiger partial charge in [-0.2, -0.15) is 0 Å². The van der Waals surface area contributed by atoms with Gasteiger partial charge in [0.05, 0.1) is 5.75 Å². The topological polar surface area (TPSA) is 108 Å². The van der Waals surface area contributed by atoms with Crippen molar-refractivity contribution in [1.82, 2.24) is 20.5 Å². The number of carbonyl (C=O) groups excluding carboxylic acids is 4. The summed E-state index contributed by atoms with van der Waals surface area (Å²) in [6.07, 6.45) is 9.74. The smallest absolute Gasteiger partial charge is 0.289 e. The van der Waals surface area contributed by atoms with Gasteiger partial charge in [0, 0.05) is 36.3 Å². The number of aromatic nitrogens is 1. The van der Waals surface area contributed by atoms with E-state index in [-0.39, 0.29) is 23.6 Å². The first-order chi connectivity index (χ1) is 18.0. The number of Topliss-reactive ketones (excluding diaryl/α,β-unsaturated/α-hetero) is 1. The fourth-order valence-electron chi connectivity index (χ4n) is 5.03. The van der Waals surface area contributed by atoms with Gasteiger partial charge >= 0.3 is 0 Å². The van der Waals surface area contributed by atoms with Crippen LogP contribution in [0.1, 0.15) is 50.5 Å². The van der Waals surface area contributed by atoms with E-state index in [4.69, 9.17) is 0 Å². The fraction of sp³-hybridized carbons (Fsp3) is 0.464. The van der Waals surface area contributed by atoms with Gasteiger partial charge in [-0.1, -0.05) is 49.6 Å². The van der Waals surface area contributed by atoms with E-state index < -0.39 is 23.8 Å². The number of amides is 3. The molecular weight excluding hydrogens is 488 g/mol. The van der Waals surface area contributed by atoms with Crippen molar-refractivity contribution in [3.05, 3.63) is 60.4 Å². The highest BCUT2D eigenvalue weighted by atomic mass is 32.2. The molecule has 1 saturated heterocycles. The van der Waals surface area contributed by atoms with Crippen molar-refractivity contribution in [3.8, 4) is 0 Å². The van der Waals surface area contributed by atoms with Gasteiger partial charge in [-0.15, -0.1) is 11.8 Å². The molecule has 1 aliphatic carbocycles. The molecule has 2 aromatic rings. The van der Waals surface area contributed by atoms with Crippen molar-refractivity contribution in [2.45, 2.75) is 74.4 Å². The maximum atomic E-state index is 13.7. The van der Waals surface area contributed by atoms with Crippen LogP contribution in [0.2, 0.25) is 0 Å². The van der Waals surface area contributed by atoms with Crippen LogP contribution < -0.4 is 10.6 Å². The SMILES string of the molecule is O=C(CSc1ccncc1)N[C@@H](Cc1ccccc1)C(=O)N1CCCC1C(=O)C(=O)NC1CCCCC1. The molecule has 0 spiro atoms. The molecule has 1 aliphatic heterocycles. The van der Waals surface area contributed by atoms with Crippen LogP contribution in [0.5, 0.6) is 0 Å². The Balaban J connectivity index is 1.42. The largest absolute Gasteiger partial charge is 0.347 e. The van der Waals surface area contributed by atoms with Crippen molar-refractivity contribution >= 4 is 35.3 Å². The Bertz CT molecular complexity index is 1080. The highest BCUT2D eigenvalue weighted by Crippen LogP contribution is 2.22. The molecule has 2 aliphatic rings. The lowest BCUT2D eigenvalue weighted by molar-refractivity contribution is -0.145. The lowest BCUT2D eigenvalue weighted by Crippen LogP contribution is -2.55. The summed E-state index contributed by atoms with van der Waals surface area (Å²) in [7, 11) is 0. The molecule has 8 nitrogen and oxygen atoms in total. The summed E-state index contributed by atoms with van der Waals surface area (Å²) in [6.45, 7) is 0.388. The van der Waals surface area contributed by atoms with Gasteiger partial charge in [0.15, 0.2) is 0 Å². The number of ketones is 1. The Morgan fingerprint density at radius 3 is 2.41 bits per heavy atom. The van der Waals surface area contributed by atoms with Crippen LogP contribution in [0.3, 0.4) is 0 Å². The van der Waals surface area contributed by atoms with Gasteiger partial charge in [0.1, 0.15) is 12.1 Å². The van der Waals surface area contributed by atoms with Gasteiger partial charge in [-0.25, -0.2) is 0 Å². The molecule has 0 radical (unpaired) electrons. The number of nitrogens with one attached hydrogen (secondary N) is 2. The van der Waals surface area contributed by atoms with Crippen molar-refractivity contribution in [2.24, 2.45) is 0 Å². The Labute approximate surface area is 222 Å². The van der Waals surface area contributed by atoms with Crippen LogP contribution in [0, 0.1) is 0 Å². The molecule has 1 aromatic carbocycles. The molecular formula is C28H34N4O4S. The number of hydrogen-bond acceptors (Lipinski definition) is 6. The fourth-order valence-corrected chi connectivity index (χ4v) is 5.72. The van der Waals surface area contributed by atoms with Crippen molar-refractivity contribution < 1.29 is 19.2 Å². The van der Waals surface area contributed by atoms with Gasteiger partial charge < -0.3 is 15.5 Å². The van der Waals surface area contributed by atoms with Crippen molar-refractivity contribution in [3.63, 3.8) is 0 Å². The second kappa shape index (κ2) is 13.4. The summed E-state index contributed by atoms with van der Waals surface area (Å²) in [5.41, 5.74) is 0.903. The minimum atomic E-state index is -0.831. The normalized spacial score (nSPS) is 18.7. The van der Waals surface area contributed by atoms with Crippen LogP contribution in [0.25, 0.3) is 0 Å². The number of pyridine rings is 1. The van der Waals surface area contributed by atoms with Crippen molar-refractivity contribution in [1.29, 1.82) is 0 Å². The summed E-state index contributed by atoms with van der Waals surface area (Å²) < 4.78 is 0. The first kappa shape index (κ1) is 26.9. The predicted molar refractivity (Wildman–Crippen MR) is 142 cm³/mol. The zero-order valence-electron chi connectivity index (χ0n) is 20.9. The molecule has 0 bridgehead atoms. The third-order valence-electron chi connectivity index (χ3n) is 6.94. The van der Waals surface area contributed by atoms with E-state index in [0.717, 1.165) is 42.6 Å². The van der Waals surface area contributed by atoms with E-state index in [9.17, 15) is 19.2 Å². The standard InChI is InChI=1S/C28H34N4O4S/c33-25(19-37-22-13-15-29-16-14-22)31-23(18-20-8-3-1-4-9-20)28(36)32-17-7-12-24(32)26(34)27(35)30-21-10-5-2-6-11-21/h1,3-4,8-9,13-16,21,23-24H,2,5-7,10-12,17-19H2,(H,30,35)(H,31,33)/t23-,24?/m0/s1. The molecule has 2 N–H and O–H groups in total. The molecule has 1 unspecified atom stereocenters. The Morgan fingerprint density at radius 2 is 1.68 bits per heavy atom. The lowest BCUT2D eigenvalue weighted by atomic mass is 9.95. The summed E-state index contributed by atoms with van der Waals surface area (Å²) in [5.74, 6) is -1.61. The molecule has 2 atom stereocenters. The average Bonchev–Trinajstić information content (AvgIpc) is 3.42. The summed E-state index contributed by atoms with van der Waals surface area (Å²) in [5, 5.41) is 5.77. The molecule has 2 heterocycles. The summed E-state index contributed by atoms with van der Waals surface area (Å²) >= 11 is 1.36. The van der Waals surface area contributed by atoms with Gasteiger partial charge in [-0.05, 0) is 43.4 Å². The van der Waals surface area contributed by atoms with E-state index >= 15 is 0 Å².